The van der Waals surface area contributed by atoms with Gasteiger partial charge in [0.1, 0.15) is 17.8 Å². The lowest BCUT2D eigenvalue weighted by molar-refractivity contribution is -0.122. The van der Waals surface area contributed by atoms with Crippen LogP contribution in [0.5, 0.6) is 17.2 Å². The van der Waals surface area contributed by atoms with Gasteiger partial charge in [-0.25, -0.2) is 4.79 Å². The number of halogens is 1. The summed E-state index contributed by atoms with van der Waals surface area (Å²) >= 11 is 3.69. The summed E-state index contributed by atoms with van der Waals surface area (Å²) in [6.45, 7) is 1.91. The molecule has 1 fully saturated rings. The first-order valence-corrected chi connectivity index (χ1v) is 11.4. The minimum atomic E-state index is -0.951. The molecule has 1 spiro atoms. The fourth-order valence-electron chi connectivity index (χ4n) is 5.38. The van der Waals surface area contributed by atoms with Crippen LogP contribution in [-0.2, 0) is 10.2 Å². The second kappa shape index (κ2) is 7.03. The van der Waals surface area contributed by atoms with Crippen molar-refractivity contribution in [2.45, 2.75) is 18.3 Å². The Labute approximate surface area is 192 Å². The normalized spacial score (nSPS) is 23.5. The van der Waals surface area contributed by atoms with Crippen LogP contribution < -0.4 is 19.1 Å². The molecule has 2 aromatic rings. The lowest BCUT2D eigenvalue weighted by atomic mass is 9.77. The molecule has 4 aliphatic rings. The van der Waals surface area contributed by atoms with E-state index >= 15 is 0 Å². The van der Waals surface area contributed by atoms with Gasteiger partial charge in [-0.15, -0.1) is 0 Å². The lowest BCUT2D eigenvalue weighted by Crippen LogP contribution is -2.46. The van der Waals surface area contributed by atoms with E-state index in [1.54, 1.807) is 6.07 Å². The van der Waals surface area contributed by atoms with Crippen molar-refractivity contribution in [3.63, 3.8) is 0 Å². The minimum Gasteiger partial charge on any atom is -0.491 e. The van der Waals surface area contributed by atoms with Crippen LogP contribution in [0, 0.1) is 5.92 Å². The number of amides is 2. The molecular weight excluding hydrogens is 480 g/mol. The van der Waals surface area contributed by atoms with Gasteiger partial charge in [-0.3, -0.25) is 4.79 Å². The summed E-state index contributed by atoms with van der Waals surface area (Å²) in [5, 5.41) is 9.23. The Morgan fingerprint density at radius 1 is 1.12 bits per heavy atom. The monoisotopic (exact) mass is 500 g/mol. The number of nitrogens with zero attached hydrogens (tertiary/aromatic N) is 2. The molecule has 0 aliphatic carbocycles. The van der Waals surface area contributed by atoms with Crippen molar-refractivity contribution in [2.75, 3.05) is 37.9 Å². The highest BCUT2D eigenvalue weighted by Gasteiger charge is 2.58. The summed E-state index contributed by atoms with van der Waals surface area (Å²) in [5.74, 6) is 2.10. The summed E-state index contributed by atoms with van der Waals surface area (Å²) in [4.78, 5) is 28.7. The number of anilines is 1. The van der Waals surface area contributed by atoms with Crippen LogP contribution in [0.2, 0.25) is 0 Å². The lowest BCUT2D eigenvalue weighted by Gasteiger charge is -2.33. The van der Waals surface area contributed by atoms with Crippen LogP contribution in [-0.4, -0.2) is 55.0 Å². The molecule has 2 aromatic carbocycles. The molecule has 2 amide bonds. The number of ether oxygens (including phenoxy) is 3. The SMILES string of the molecule is O=C(O)N1CCC(CN2C(=O)C3(COc4cc5c(cc43)OCO5)c3c(Br)cccc32)CC1. The average Bonchev–Trinajstić information content (AvgIpc) is 3.46. The number of benzene rings is 2. The van der Waals surface area contributed by atoms with E-state index in [4.69, 9.17) is 14.2 Å². The number of hydrogen-bond acceptors (Lipinski definition) is 5. The Kier molecular flexibility index (Phi) is 4.33. The van der Waals surface area contributed by atoms with Gasteiger partial charge in [0.2, 0.25) is 12.7 Å². The molecule has 0 bridgehead atoms. The standard InChI is InChI=1S/C23H21BrN2O6/c24-15-2-1-3-16-20(15)23(11-30-17-9-19-18(8-14(17)23)31-12-32-19)21(27)26(16)10-13-4-6-25(7-5-13)22(28)29/h1-3,8-9,13H,4-7,10-12H2,(H,28,29). The number of fused-ring (bicyclic) bond motifs is 5. The van der Waals surface area contributed by atoms with Gasteiger partial charge in [0, 0.05) is 47.0 Å². The van der Waals surface area contributed by atoms with Crippen LogP contribution in [0.15, 0.2) is 34.8 Å². The summed E-state index contributed by atoms with van der Waals surface area (Å²) in [5.41, 5.74) is 1.63. The van der Waals surface area contributed by atoms with Crippen molar-refractivity contribution in [3.8, 4) is 17.2 Å². The molecule has 0 aromatic heterocycles. The summed E-state index contributed by atoms with van der Waals surface area (Å²) in [6, 6.07) is 9.55. The van der Waals surface area contributed by atoms with E-state index < -0.39 is 11.5 Å². The van der Waals surface area contributed by atoms with Gasteiger partial charge in [0.15, 0.2) is 11.5 Å². The molecular formula is C23H21BrN2O6. The maximum atomic E-state index is 14.1. The number of carbonyl (C=O) groups excluding carboxylic acids is 1. The highest BCUT2D eigenvalue weighted by atomic mass is 79.9. The third kappa shape index (κ3) is 2.66. The molecule has 1 atom stereocenters. The van der Waals surface area contributed by atoms with E-state index in [0.717, 1.165) is 34.1 Å². The fourth-order valence-corrected chi connectivity index (χ4v) is 6.07. The Bertz CT molecular complexity index is 1150. The first kappa shape index (κ1) is 19.7. The Morgan fingerprint density at radius 2 is 1.88 bits per heavy atom. The van der Waals surface area contributed by atoms with Crippen molar-refractivity contribution in [1.82, 2.24) is 4.90 Å². The van der Waals surface area contributed by atoms with Crippen LogP contribution in [0.1, 0.15) is 24.0 Å². The fraction of sp³-hybridized carbons (Fsp3) is 0.391. The van der Waals surface area contributed by atoms with Crippen LogP contribution in [0.25, 0.3) is 0 Å². The third-order valence-electron chi connectivity index (χ3n) is 7.02. The summed E-state index contributed by atoms with van der Waals surface area (Å²) < 4.78 is 18.0. The van der Waals surface area contributed by atoms with E-state index in [1.807, 2.05) is 29.2 Å². The van der Waals surface area contributed by atoms with Gasteiger partial charge in [0.05, 0.1) is 0 Å². The number of likely N-dealkylation sites (tertiary alicyclic amines) is 1. The predicted molar refractivity (Wildman–Crippen MR) is 118 cm³/mol. The molecule has 1 saturated heterocycles. The van der Waals surface area contributed by atoms with Gasteiger partial charge in [-0.05, 0) is 37.0 Å². The Morgan fingerprint density at radius 3 is 2.62 bits per heavy atom. The molecule has 8 nitrogen and oxygen atoms in total. The van der Waals surface area contributed by atoms with Gasteiger partial charge >= 0.3 is 6.09 Å². The first-order valence-electron chi connectivity index (χ1n) is 10.6. The van der Waals surface area contributed by atoms with Gasteiger partial charge < -0.3 is 29.1 Å². The zero-order valence-electron chi connectivity index (χ0n) is 17.2. The van der Waals surface area contributed by atoms with Crippen molar-refractivity contribution in [3.05, 3.63) is 45.9 Å². The van der Waals surface area contributed by atoms with Crippen molar-refractivity contribution in [1.29, 1.82) is 0 Å². The average molecular weight is 501 g/mol. The van der Waals surface area contributed by atoms with Gasteiger partial charge in [0.25, 0.3) is 0 Å². The van der Waals surface area contributed by atoms with E-state index in [0.29, 0.717) is 36.9 Å². The number of rotatable bonds is 2. The molecule has 32 heavy (non-hydrogen) atoms. The van der Waals surface area contributed by atoms with E-state index in [-0.39, 0.29) is 25.2 Å². The number of piperidine rings is 1. The third-order valence-corrected chi connectivity index (χ3v) is 7.68. The molecule has 4 heterocycles. The van der Waals surface area contributed by atoms with Gasteiger partial charge in [-0.1, -0.05) is 22.0 Å². The van der Waals surface area contributed by atoms with Crippen molar-refractivity contribution in [2.24, 2.45) is 5.92 Å². The maximum absolute atomic E-state index is 14.1. The molecule has 6 rings (SSSR count). The quantitative estimate of drug-likeness (QED) is 0.677. The molecule has 1 unspecified atom stereocenters. The maximum Gasteiger partial charge on any atom is 0.407 e. The van der Waals surface area contributed by atoms with E-state index in [9.17, 15) is 14.7 Å². The number of carboxylic acid groups (broad SMARTS) is 1. The minimum absolute atomic E-state index is 0.0160. The topological polar surface area (TPSA) is 88.5 Å². The number of carbonyl (C=O) groups is 2. The predicted octanol–water partition coefficient (Wildman–Crippen LogP) is 3.59. The summed E-state index contributed by atoms with van der Waals surface area (Å²) in [7, 11) is 0. The Hall–Kier alpha value is -2.94. The largest absolute Gasteiger partial charge is 0.491 e. The molecule has 166 valence electrons. The highest BCUT2D eigenvalue weighted by Crippen LogP contribution is 2.56. The molecule has 9 heteroatoms. The Balaban J connectivity index is 1.39. The highest BCUT2D eigenvalue weighted by molar-refractivity contribution is 9.10. The van der Waals surface area contributed by atoms with Crippen LogP contribution in [0.3, 0.4) is 0 Å². The number of hydrogen-bond donors (Lipinski definition) is 1. The van der Waals surface area contributed by atoms with E-state index in [1.165, 1.54) is 4.90 Å². The van der Waals surface area contributed by atoms with Gasteiger partial charge in [-0.2, -0.15) is 0 Å². The smallest absolute Gasteiger partial charge is 0.407 e. The molecule has 0 saturated carbocycles. The summed E-state index contributed by atoms with van der Waals surface area (Å²) in [6.07, 6.45) is 0.587. The molecule has 4 aliphatic heterocycles. The van der Waals surface area contributed by atoms with Crippen LogP contribution >= 0.6 is 15.9 Å². The molecule has 1 N–H and O–H groups in total. The van der Waals surface area contributed by atoms with Crippen molar-refractivity contribution < 1.29 is 28.9 Å². The van der Waals surface area contributed by atoms with Crippen LogP contribution in [0.4, 0.5) is 10.5 Å². The second-order valence-electron chi connectivity index (χ2n) is 8.66. The molecule has 0 radical (unpaired) electrons. The first-order chi connectivity index (χ1) is 15.5. The second-order valence-corrected chi connectivity index (χ2v) is 9.51. The zero-order valence-corrected chi connectivity index (χ0v) is 18.8. The zero-order chi connectivity index (χ0) is 22.0. The van der Waals surface area contributed by atoms with E-state index in [2.05, 4.69) is 15.9 Å². The van der Waals surface area contributed by atoms with Crippen molar-refractivity contribution >= 4 is 33.6 Å².